The van der Waals surface area contributed by atoms with Crippen LogP contribution in [0.15, 0.2) is 66.9 Å². The largest absolute Gasteiger partial charge is 0.476 e. The minimum Gasteiger partial charge on any atom is -0.476 e. The van der Waals surface area contributed by atoms with E-state index in [1.54, 1.807) is 18.2 Å². The first kappa shape index (κ1) is 22.5. The molecule has 2 N–H and O–H groups in total. The van der Waals surface area contributed by atoms with Crippen molar-refractivity contribution in [1.82, 2.24) is 9.88 Å². The van der Waals surface area contributed by atoms with Crippen molar-refractivity contribution in [2.24, 2.45) is 5.92 Å². The Bertz CT molecular complexity index is 1290. The Labute approximate surface area is 209 Å². The van der Waals surface area contributed by atoms with Gasteiger partial charge >= 0.3 is 0 Å². The van der Waals surface area contributed by atoms with E-state index in [1.165, 1.54) is 6.20 Å². The monoisotopic (exact) mass is 487 g/mol. The molecular formula is C28H26ClN3O3. The fraction of sp³-hybridized carbons (Fsp3) is 0.357. The number of pyridine rings is 1. The molecular weight excluding hydrogens is 462 g/mol. The number of nitrogens with zero attached hydrogens (tertiary/aromatic N) is 3. The molecule has 2 fully saturated rings. The molecule has 0 bridgehead atoms. The minimum atomic E-state index is -1.81. The molecule has 35 heavy (non-hydrogen) atoms. The third kappa shape index (κ3) is 3.16. The number of aromatic nitrogens is 1. The van der Waals surface area contributed by atoms with Gasteiger partial charge in [-0.1, -0.05) is 54.1 Å². The lowest BCUT2D eigenvalue weighted by Crippen LogP contribution is -2.52. The quantitative estimate of drug-likeness (QED) is 0.579. The van der Waals surface area contributed by atoms with Gasteiger partial charge in [0.25, 0.3) is 0 Å². The van der Waals surface area contributed by atoms with Crippen molar-refractivity contribution in [3.05, 3.63) is 94.3 Å². The Morgan fingerprint density at radius 3 is 2.51 bits per heavy atom. The maximum atomic E-state index is 12.6. The lowest BCUT2D eigenvalue weighted by molar-refractivity contribution is -0.153. The van der Waals surface area contributed by atoms with Gasteiger partial charge in [0.15, 0.2) is 11.2 Å². The van der Waals surface area contributed by atoms with Crippen LogP contribution in [0.3, 0.4) is 0 Å². The summed E-state index contributed by atoms with van der Waals surface area (Å²) < 4.78 is 6.74. The van der Waals surface area contributed by atoms with E-state index in [2.05, 4.69) is 16.0 Å². The molecule has 3 aromatic rings. The maximum Gasteiger partial charge on any atom is 0.181 e. The Morgan fingerprint density at radius 1 is 1.11 bits per heavy atom. The van der Waals surface area contributed by atoms with Gasteiger partial charge in [-0.15, -0.1) is 0 Å². The summed E-state index contributed by atoms with van der Waals surface area (Å²) in [6.07, 6.45) is 2.60. The van der Waals surface area contributed by atoms with Crippen LogP contribution in [-0.4, -0.2) is 45.8 Å². The normalized spacial score (nSPS) is 31.5. The van der Waals surface area contributed by atoms with Crippen molar-refractivity contribution < 1.29 is 14.9 Å². The predicted octanol–water partition coefficient (Wildman–Crippen LogP) is 3.95. The van der Waals surface area contributed by atoms with Crippen molar-refractivity contribution in [2.45, 2.75) is 36.1 Å². The molecule has 1 saturated carbocycles. The smallest absolute Gasteiger partial charge is 0.181 e. The van der Waals surface area contributed by atoms with Crippen LogP contribution in [0.25, 0.3) is 0 Å². The summed E-state index contributed by atoms with van der Waals surface area (Å²) in [6.45, 7) is 2.57. The van der Waals surface area contributed by atoms with Gasteiger partial charge in [0.1, 0.15) is 11.4 Å². The van der Waals surface area contributed by atoms with Crippen LogP contribution in [0.5, 0.6) is 5.75 Å². The van der Waals surface area contributed by atoms with Crippen molar-refractivity contribution in [3.8, 4) is 11.8 Å². The number of hydrogen-bond donors (Lipinski definition) is 2. The summed E-state index contributed by atoms with van der Waals surface area (Å²) in [5, 5.41) is 34.3. The van der Waals surface area contributed by atoms with Gasteiger partial charge in [0.2, 0.25) is 0 Å². The number of aliphatic hydroxyl groups is 2. The zero-order valence-electron chi connectivity index (χ0n) is 19.1. The van der Waals surface area contributed by atoms with E-state index in [1.807, 2.05) is 42.5 Å². The summed E-state index contributed by atoms with van der Waals surface area (Å²) in [4.78, 5) is 6.85. The first-order valence-electron chi connectivity index (χ1n) is 12.0. The number of hydrogen-bond acceptors (Lipinski definition) is 6. The molecule has 1 saturated heterocycles. The molecule has 2 aliphatic heterocycles. The zero-order chi connectivity index (χ0) is 24.2. The lowest BCUT2D eigenvalue weighted by atomic mass is 9.71. The second-order valence-electron chi connectivity index (χ2n) is 9.80. The molecule has 5 atom stereocenters. The van der Waals surface area contributed by atoms with Gasteiger partial charge in [0, 0.05) is 30.6 Å². The Kier molecular flexibility index (Phi) is 5.35. The fourth-order valence-electron chi connectivity index (χ4n) is 6.53. The van der Waals surface area contributed by atoms with E-state index >= 15 is 0 Å². The van der Waals surface area contributed by atoms with E-state index in [-0.39, 0.29) is 11.8 Å². The minimum absolute atomic E-state index is 0.295. The number of ether oxygens (including phenoxy) is 1. The first-order chi connectivity index (χ1) is 17.0. The van der Waals surface area contributed by atoms with E-state index in [0.717, 1.165) is 31.5 Å². The fourth-order valence-corrected chi connectivity index (χ4v) is 6.68. The average molecular weight is 488 g/mol. The molecule has 6 rings (SSSR count). The molecule has 3 aliphatic rings. The van der Waals surface area contributed by atoms with E-state index in [0.29, 0.717) is 34.1 Å². The second-order valence-corrected chi connectivity index (χ2v) is 10.2. The predicted molar refractivity (Wildman–Crippen MR) is 131 cm³/mol. The maximum absolute atomic E-state index is 12.6. The summed E-state index contributed by atoms with van der Waals surface area (Å²) >= 11 is 6.26. The topological polar surface area (TPSA) is 89.6 Å². The summed E-state index contributed by atoms with van der Waals surface area (Å²) in [7, 11) is 0. The number of rotatable bonds is 4. The highest BCUT2D eigenvalue weighted by atomic mass is 35.5. The Morgan fingerprint density at radius 2 is 1.83 bits per heavy atom. The molecule has 1 aromatic heterocycles. The SMILES string of the molecule is N#Cc1ccc([C@]23Oc4cc(Cl)cnc4[C@]2(O)[C@@H](O)[C@H](CN2CCCC2)[C@H]3c2ccccc2)cc1. The third-order valence-corrected chi connectivity index (χ3v) is 8.19. The highest BCUT2D eigenvalue weighted by molar-refractivity contribution is 6.30. The van der Waals surface area contributed by atoms with Crippen LogP contribution < -0.4 is 4.74 Å². The highest BCUT2D eigenvalue weighted by Gasteiger charge is 2.76. The van der Waals surface area contributed by atoms with Crippen LogP contribution >= 0.6 is 11.6 Å². The molecule has 1 aliphatic carbocycles. The molecule has 3 heterocycles. The summed E-state index contributed by atoms with van der Waals surface area (Å²) in [5.74, 6) is -0.337. The third-order valence-electron chi connectivity index (χ3n) is 7.99. The van der Waals surface area contributed by atoms with Crippen molar-refractivity contribution in [3.63, 3.8) is 0 Å². The van der Waals surface area contributed by atoms with Gasteiger partial charge in [0.05, 0.1) is 22.8 Å². The molecule has 0 unspecified atom stereocenters. The van der Waals surface area contributed by atoms with Gasteiger partial charge in [-0.2, -0.15) is 5.26 Å². The summed E-state index contributed by atoms with van der Waals surface area (Å²) in [6, 6.07) is 20.8. The molecule has 178 valence electrons. The molecule has 0 radical (unpaired) electrons. The van der Waals surface area contributed by atoms with Crippen molar-refractivity contribution in [1.29, 1.82) is 5.26 Å². The van der Waals surface area contributed by atoms with Gasteiger partial charge < -0.3 is 19.8 Å². The van der Waals surface area contributed by atoms with E-state index in [4.69, 9.17) is 16.3 Å². The Hall–Kier alpha value is -2.95. The Balaban J connectivity index is 1.61. The molecule has 7 heteroatoms. The molecule has 0 amide bonds. The molecule has 2 aromatic carbocycles. The first-order valence-corrected chi connectivity index (χ1v) is 12.4. The van der Waals surface area contributed by atoms with E-state index in [9.17, 15) is 15.5 Å². The van der Waals surface area contributed by atoms with Gasteiger partial charge in [-0.3, -0.25) is 4.98 Å². The summed E-state index contributed by atoms with van der Waals surface area (Å²) in [5.41, 5.74) is -0.713. The average Bonchev–Trinajstić information content (AvgIpc) is 3.53. The standard InChI is InChI=1S/C28H26ClN3O3/c29-21-14-23-25(31-16-21)27(34)26(33)22(17-32-12-4-5-13-32)24(19-6-2-1-3-7-19)28(27,35-23)20-10-8-18(15-30)9-11-20/h1-3,6-11,14,16,22,24,26,33-34H,4-5,12-13,17H2/t22-,24-,26+,27+,28-/m1/s1. The number of halogens is 1. The van der Waals surface area contributed by atoms with Gasteiger partial charge in [-0.25, -0.2) is 0 Å². The van der Waals surface area contributed by atoms with E-state index < -0.39 is 17.3 Å². The number of benzene rings is 2. The lowest BCUT2D eigenvalue weighted by Gasteiger charge is -2.40. The number of likely N-dealkylation sites (tertiary alicyclic amines) is 1. The van der Waals surface area contributed by atoms with Crippen LogP contribution in [0.2, 0.25) is 5.02 Å². The zero-order valence-corrected chi connectivity index (χ0v) is 19.9. The van der Waals surface area contributed by atoms with Crippen molar-refractivity contribution >= 4 is 11.6 Å². The molecule has 6 nitrogen and oxygen atoms in total. The van der Waals surface area contributed by atoms with Crippen LogP contribution in [-0.2, 0) is 11.2 Å². The number of aliphatic hydroxyl groups excluding tert-OH is 1. The van der Waals surface area contributed by atoms with Crippen LogP contribution in [0.1, 0.15) is 41.1 Å². The van der Waals surface area contributed by atoms with Crippen LogP contribution in [0, 0.1) is 17.2 Å². The second kappa shape index (κ2) is 8.32. The molecule has 0 spiro atoms. The van der Waals surface area contributed by atoms with Gasteiger partial charge in [-0.05, 0) is 49.2 Å². The number of nitriles is 1. The highest BCUT2D eigenvalue weighted by Crippen LogP contribution is 2.68. The number of fused-ring (bicyclic) bond motifs is 3. The van der Waals surface area contributed by atoms with Crippen molar-refractivity contribution in [2.75, 3.05) is 19.6 Å². The van der Waals surface area contributed by atoms with Crippen LogP contribution in [0.4, 0.5) is 0 Å².